The molecule has 1 aromatic heterocycles. The Morgan fingerprint density at radius 2 is 1.82 bits per heavy atom. The lowest BCUT2D eigenvalue weighted by Crippen LogP contribution is -2.27. The molecule has 1 atom stereocenters. The first-order valence-corrected chi connectivity index (χ1v) is 14.5. The molecule has 0 amide bonds. The summed E-state index contributed by atoms with van der Waals surface area (Å²) in [5.41, 5.74) is 5.50. The number of ketones is 1. The molecule has 0 saturated carbocycles. The standard InChI is InChI=1S/C31H31ClN4O3S/c1-5-38-27-16-23(14-15-26(27)39-17-22-12-10-19(2)11-13-22)29-28(21(4)37)20(3)33-30-34-31(35-36(29)30)40-18-24-8-6-7-9-25(24)32/h6-16,29H,5,17-18H2,1-4H3,(H,33,34,35). The highest BCUT2D eigenvalue weighted by Gasteiger charge is 2.33. The van der Waals surface area contributed by atoms with Gasteiger partial charge in [-0.2, -0.15) is 4.98 Å². The fourth-order valence-electron chi connectivity index (χ4n) is 4.64. The maximum absolute atomic E-state index is 12.9. The molecule has 4 aromatic rings. The number of hydrogen-bond donors (Lipinski definition) is 1. The number of carbonyl (C=O) groups excluding carboxylic acids is 1. The Balaban J connectivity index is 1.46. The number of allylic oxidation sites excluding steroid dienone is 2. The quantitative estimate of drug-likeness (QED) is 0.198. The van der Waals surface area contributed by atoms with E-state index >= 15 is 0 Å². The first-order chi connectivity index (χ1) is 19.3. The van der Waals surface area contributed by atoms with Gasteiger partial charge < -0.3 is 14.8 Å². The summed E-state index contributed by atoms with van der Waals surface area (Å²) in [7, 11) is 0. The average molecular weight is 575 g/mol. The molecule has 0 radical (unpaired) electrons. The summed E-state index contributed by atoms with van der Waals surface area (Å²) in [6.07, 6.45) is 0. The van der Waals surface area contributed by atoms with Crippen molar-refractivity contribution in [2.45, 2.75) is 51.3 Å². The molecule has 7 nitrogen and oxygen atoms in total. The van der Waals surface area contributed by atoms with Crippen LogP contribution in [-0.2, 0) is 17.2 Å². The summed E-state index contributed by atoms with van der Waals surface area (Å²) in [4.78, 5) is 17.6. The van der Waals surface area contributed by atoms with Crippen LogP contribution in [0.4, 0.5) is 5.95 Å². The molecule has 0 fully saturated rings. The summed E-state index contributed by atoms with van der Waals surface area (Å²) >= 11 is 7.84. The summed E-state index contributed by atoms with van der Waals surface area (Å²) < 4.78 is 13.9. The number of aromatic nitrogens is 3. The van der Waals surface area contributed by atoms with Crippen molar-refractivity contribution in [3.8, 4) is 11.5 Å². The van der Waals surface area contributed by atoms with Gasteiger partial charge in [-0.3, -0.25) is 4.79 Å². The van der Waals surface area contributed by atoms with Gasteiger partial charge >= 0.3 is 0 Å². The van der Waals surface area contributed by atoms with Gasteiger partial charge in [-0.15, -0.1) is 5.10 Å². The molecule has 1 aliphatic rings. The normalized spacial score (nSPS) is 14.5. The maximum atomic E-state index is 12.9. The lowest BCUT2D eigenvalue weighted by molar-refractivity contribution is -0.114. The highest BCUT2D eigenvalue weighted by Crippen LogP contribution is 2.40. The molecular formula is C31H31ClN4O3S. The Morgan fingerprint density at radius 1 is 1.05 bits per heavy atom. The molecule has 2 heterocycles. The topological polar surface area (TPSA) is 78.3 Å². The van der Waals surface area contributed by atoms with Crippen molar-refractivity contribution in [3.05, 3.63) is 105 Å². The highest BCUT2D eigenvalue weighted by atomic mass is 35.5. The van der Waals surface area contributed by atoms with Crippen LogP contribution in [0.25, 0.3) is 0 Å². The van der Waals surface area contributed by atoms with E-state index in [-0.39, 0.29) is 5.78 Å². The Hall–Kier alpha value is -3.75. The minimum atomic E-state index is -0.471. The van der Waals surface area contributed by atoms with Gasteiger partial charge in [0.2, 0.25) is 11.1 Å². The van der Waals surface area contributed by atoms with Crippen LogP contribution in [0.3, 0.4) is 0 Å². The molecule has 206 valence electrons. The van der Waals surface area contributed by atoms with Crippen LogP contribution >= 0.6 is 23.4 Å². The van der Waals surface area contributed by atoms with Crippen molar-refractivity contribution in [1.29, 1.82) is 0 Å². The fourth-order valence-corrected chi connectivity index (χ4v) is 5.76. The van der Waals surface area contributed by atoms with E-state index in [1.54, 1.807) is 11.6 Å². The van der Waals surface area contributed by atoms with Gasteiger partial charge in [-0.05, 0) is 62.6 Å². The SMILES string of the molecule is CCOc1cc(C2C(C(C)=O)=C(C)Nc3nc(SCc4ccccc4Cl)nn32)ccc1OCc1ccc(C)cc1. The van der Waals surface area contributed by atoms with Crippen molar-refractivity contribution in [2.24, 2.45) is 0 Å². The van der Waals surface area contributed by atoms with Crippen LogP contribution in [0.2, 0.25) is 5.02 Å². The summed E-state index contributed by atoms with van der Waals surface area (Å²) in [6.45, 7) is 8.35. The van der Waals surface area contributed by atoms with Gasteiger partial charge in [0, 0.05) is 22.0 Å². The number of nitrogens with one attached hydrogen (secondary N) is 1. The van der Waals surface area contributed by atoms with Crippen LogP contribution < -0.4 is 14.8 Å². The fraction of sp³-hybridized carbons (Fsp3) is 0.258. The molecule has 0 bridgehead atoms. The van der Waals surface area contributed by atoms with E-state index in [1.807, 2.05) is 56.3 Å². The zero-order valence-corrected chi connectivity index (χ0v) is 24.5. The van der Waals surface area contributed by atoms with Crippen molar-refractivity contribution < 1.29 is 14.3 Å². The third kappa shape index (κ3) is 6.03. The first-order valence-electron chi connectivity index (χ1n) is 13.1. The van der Waals surface area contributed by atoms with Gasteiger partial charge in [-0.25, -0.2) is 4.68 Å². The molecule has 0 spiro atoms. The number of halogens is 1. The number of thioether (sulfide) groups is 1. The monoisotopic (exact) mass is 574 g/mol. The Labute approximate surface area is 243 Å². The smallest absolute Gasteiger partial charge is 0.227 e. The zero-order chi connectivity index (χ0) is 28.2. The van der Waals surface area contributed by atoms with E-state index in [0.717, 1.165) is 22.4 Å². The molecular weight excluding hydrogens is 544 g/mol. The third-order valence-corrected chi connectivity index (χ3v) is 7.88. The summed E-state index contributed by atoms with van der Waals surface area (Å²) in [6, 6.07) is 21.3. The minimum Gasteiger partial charge on any atom is -0.490 e. The lowest BCUT2D eigenvalue weighted by atomic mass is 9.93. The van der Waals surface area contributed by atoms with E-state index in [1.165, 1.54) is 17.3 Å². The summed E-state index contributed by atoms with van der Waals surface area (Å²) in [5, 5.41) is 9.37. The second-order valence-electron chi connectivity index (χ2n) is 9.58. The molecule has 1 aliphatic heterocycles. The zero-order valence-electron chi connectivity index (χ0n) is 22.9. The molecule has 0 aliphatic carbocycles. The predicted octanol–water partition coefficient (Wildman–Crippen LogP) is 7.39. The third-order valence-electron chi connectivity index (χ3n) is 6.63. The summed E-state index contributed by atoms with van der Waals surface area (Å²) in [5.74, 6) is 2.41. The number of aryl methyl sites for hydroxylation is 1. The van der Waals surface area contributed by atoms with Gasteiger partial charge in [0.1, 0.15) is 12.6 Å². The van der Waals surface area contributed by atoms with Gasteiger partial charge in [0.25, 0.3) is 0 Å². The molecule has 5 rings (SSSR count). The predicted molar refractivity (Wildman–Crippen MR) is 159 cm³/mol. The van der Waals surface area contributed by atoms with E-state index in [4.69, 9.17) is 31.2 Å². The lowest BCUT2D eigenvalue weighted by Gasteiger charge is -2.28. The number of nitrogens with zero attached hydrogens (tertiary/aromatic N) is 3. The van der Waals surface area contributed by atoms with Gasteiger partial charge in [0.15, 0.2) is 17.3 Å². The number of fused-ring (bicyclic) bond motifs is 1. The van der Waals surface area contributed by atoms with Crippen molar-refractivity contribution >= 4 is 35.1 Å². The average Bonchev–Trinajstić information content (AvgIpc) is 3.34. The Morgan fingerprint density at radius 3 is 2.55 bits per heavy atom. The first kappa shape index (κ1) is 27.8. The van der Waals surface area contributed by atoms with Crippen molar-refractivity contribution in [2.75, 3.05) is 11.9 Å². The Bertz CT molecular complexity index is 1570. The number of rotatable bonds is 10. The molecule has 9 heteroatoms. The molecule has 0 saturated heterocycles. The molecule has 1 N–H and O–H groups in total. The highest BCUT2D eigenvalue weighted by molar-refractivity contribution is 7.98. The molecule has 1 unspecified atom stereocenters. The van der Waals surface area contributed by atoms with Crippen LogP contribution in [0.1, 0.15) is 49.1 Å². The Kier molecular flexibility index (Phi) is 8.47. The van der Waals surface area contributed by atoms with Crippen LogP contribution in [0, 0.1) is 6.92 Å². The van der Waals surface area contributed by atoms with Crippen molar-refractivity contribution in [1.82, 2.24) is 14.8 Å². The molecule has 3 aromatic carbocycles. The number of anilines is 1. The maximum Gasteiger partial charge on any atom is 0.227 e. The number of Topliss-reactive ketones (excluding diaryl/α,β-unsaturated/α-hetero) is 1. The number of benzene rings is 3. The van der Waals surface area contributed by atoms with E-state index < -0.39 is 6.04 Å². The number of carbonyl (C=O) groups is 1. The minimum absolute atomic E-state index is 0.0425. The van der Waals surface area contributed by atoms with Crippen LogP contribution in [0.15, 0.2) is 83.2 Å². The number of hydrogen-bond acceptors (Lipinski definition) is 7. The van der Waals surface area contributed by atoms with E-state index in [0.29, 0.717) is 52.2 Å². The van der Waals surface area contributed by atoms with Crippen molar-refractivity contribution in [3.63, 3.8) is 0 Å². The van der Waals surface area contributed by atoms with E-state index in [9.17, 15) is 4.79 Å². The second kappa shape index (κ2) is 12.2. The van der Waals surface area contributed by atoms with Crippen LogP contribution in [0.5, 0.6) is 11.5 Å². The number of ether oxygens (including phenoxy) is 2. The van der Waals surface area contributed by atoms with Gasteiger partial charge in [0.05, 0.1) is 6.61 Å². The van der Waals surface area contributed by atoms with Gasteiger partial charge in [-0.1, -0.05) is 77.5 Å². The second-order valence-corrected chi connectivity index (χ2v) is 10.9. The van der Waals surface area contributed by atoms with E-state index in [2.05, 4.69) is 36.5 Å². The van der Waals surface area contributed by atoms with Crippen LogP contribution in [-0.4, -0.2) is 27.2 Å². The molecule has 40 heavy (non-hydrogen) atoms. The largest absolute Gasteiger partial charge is 0.490 e.